The molecule has 1 N–H and O–H groups in total. The van der Waals surface area contributed by atoms with Crippen molar-refractivity contribution in [2.75, 3.05) is 13.1 Å². The van der Waals surface area contributed by atoms with E-state index in [9.17, 15) is 8.42 Å². The second-order valence-electron chi connectivity index (χ2n) is 4.84. The number of rotatable bonds is 2. The number of piperazine rings is 1. The van der Waals surface area contributed by atoms with Crippen molar-refractivity contribution < 1.29 is 8.42 Å². The number of fused-ring (bicyclic) bond motifs is 2. The minimum Gasteiger partial charge on any atom is -0.314 e. The van der Waals surface area contributed by atoms with Crippen LogP contribution in [0.15, 0.2) is 33.6 Å². The van der Waals surface area contributed by atoms with Crippen LogP contribution in [-0.4, -0.2) is 37.9 Å². The van der Waals surface area contributed by atoms with Gasteiger partial charge in [-0.15, -0.1) is 0 Å². The molecule has 2 aliphatic rings. The summed E-state index contributed by atoms with van der Waals surface area (Å²) in [6, 6.07) is 7.19. The molecule has 2 atom stereocenters. The maximum atomic E-state index is 12.7. The van der Waals surface area contributed by atoms with E-state index in [4.69, 9.17) is 0 Å². The standard InChI is InChI=1S/C12H15BrN2O2S/c13-9-2-1-3-12(6-9)18(16,17)15-10-4-5-11(15)8-14-7-10/h1-3,6,10-11,14H,4-5,7-8H2. The summed E-state index contributed by atoms with van der Waals surface area (Å²) in [4.78, 5) is 0.385. The third-order valence-electron chi connectivity index (χ3n) is 3.68. The first-order valence-electron chi connectivity index (χ1n) is 6.09. The molecule has 1 aromatic carbocycles. The second kappa shape index (κ2) is 4.59. The molecule has 2 bridgehead atoms. The predicted octanol–water partition coefficient (Wildman–Crippen LogP) is 1.57. The number of benzene rings is 1. The Balaban J connectivity index is 2.00. The third-order valence-corrected chi connectivity index (χ3v) is 6.18. The summed E-state index contributed by atoms with van der Waals surface area (Å²) < 4.78 is 27.9. The molecule has 2 heterocycles. The van der Waals surface area contributed by atoms with E-state index in [-0.39, 0.29) is 12.1 Å². The average Bonchev–Trinajstić information content (AvgIpc) is 2.61. The van der Waals surface area contributed by atoms with Gasteiger partial charge in [-0.1, -0.05) is 22.0 Å². The topological polar surface area (TPSA) is 49.4 Å². The van der Waals surface area contributed by atoms with Gasteiger partial charge in [0.1, 0.15) is 0 Å². The maximum Gasteiger partial charge on any atom is 0.243 e. The molecule has 0 radical (unpaired) electrons. The van der Waals surface area contributed by atoms with Gasteiger partial charge >= 0.3 is 0 Å². The number of hydrogen-bond acceptors (Lipinski definition) is 3. The molecule has 0 aromatic heterocycles. The highest BCUT2D eigenvalue weighted by Crippen LogP contribution is 2.33. The minimum absolute atomic E-state index is 0.118. The van der Waals surface area contributed by atoms with Crippen molar-refractivity contribution in [1.82, 2.24) is 9.62 Å². The lowest BCUT2D eigenvalue weighted by molar-refractivity contribution is 0.263. The van der Waals surface area contributed by atoms with Crippen LogP contribution in [0.1, 0.15) is 12.8 Å². The maximum absolute atomic E-state index is 12.7. The molecule has 0 amide bonds. The summed E-state index contributed by atoms with van der Waals surface area (Å²) in [5.74, 6) is 0. The Bertz CT molecular complexity index is 545. The van der Waals surface area contributed by atoms with Gasteiger partial charge in [0.15, 0.2) is 0 Å². The fourth-order valence-corrected chi connectivity index (χ4v) is 5.35. The van der Waals surface area contributed by atoms with Crippen LogP contribution in [0, 0.1) is 0 Å². The zero-order chi connectivity index (χ0) is 12.8. The normalized spacial score (nSPS) is 28.5. The molecule has 2 unspecified atom stereocenters. The molecule has 0 saturated carbocycles. The van der Waals surface area contributed by atoms with Crippen molar-refractivity contribution in [1.29, 1.82) is 0 Å². The number of sulfonamides is 1. The molecular weight excluding hydrogens is 316 g/mol. The molecule has 3 rings (SSSR count). The molecule has 0 spiro atoms. The average molecular weight is 331 g/mol. The first-order valence-corrected chi connectivity index (χ1v) is 8.32. The third kappa shape index (κ3) is 2.01. The first-order chi connectivity index (χ1) is 8.59. The Labute approximate surface area is 116 Å². The number of hydrogen-bond donors (Lipinski definition) is 1. The summed E-state index contributed by atoms with van der Waals surface area (Å²) in [7, 11) is -3.36. The van der Waals surface area contributed by atoms with Gasteiger partial charge < -0.3 is 5.32 Å². The van der Waals surface area contributed by atoms with E-state index in [1.807, 2.05) is 6.07 Å². The highest BCUT2D eigenvalue weighted by Gasteiger charge is 2.44. The lowest BCUT2D eigenvalue weighted by Crippen LogP contribution is -2.53. The number of nitrogens with one attached hydrogen (secondary N) is 1. The van der Waals surface area contributed by atoms with E-state index >= 15 is 0 Å². The van der Waals surface area contributed by atoms with Crippen LogP contribution in [-0.2, 0) is 10.0 Å². The SMILES string of the molecule is O=S(=O)(c1cccc(Br)c1)N1C2CCC1CNC2. The molecule has 98 valence electrons. The Hall–Kier alpha value is -0.430. The fourth-order valence-electron chi connectivity index (χ4n) is 2.88. The van der Waals surface area contributed by atoms with Gasteiger partial charge in [0.2, 0.25) is 10.0 Å². The highest BCUT2D eigenvalue weighted by atomic mass is 79.9. The van der Waals surface area contributed by atoms with Gasteiger partial charge in [0.25, 0.3) is 0 Å². The monoisotopic (exact) mass is 330 g/mol. The lowest BCUT2D eigenvalue weighted by atomic mass is 10.2. The van der Waals surface area contributed by atoms with Gasteiger partial charge in [-0.2, -0.15) is 4.31 Å². The van der Waals surface area contributed by atoms with Crippen LogP contribution in [0.4, 0.5) is 0 Å². The van der Waals surface area contributed by atoms with E-state index in [0.717, 1.165) is 30.4 Å². The number of nitrogens with zero attached hydrogens (tertiary/aromatic N) is 1. The number of halogens is 1. The first kappa shape index (κ1) is 12.6. The van der Waals surface area contributed by atoms with Crippen LogP contribution < -0.4 is 5.32 Å². The summed E-state index contributed by atoms with van der Waals surface area (Å²) in [5.41, 5.74) is 0. The molecule has 2 fully saturated rings. The van der Waals surface area contributed by atoms with Crippen molar-refractivity contribution in [2.24, 2.45) is 0 Å². The summed E-state index contributed by atoms with van der Waals surface area (Å²) in [6.45, 7) is 1.54. The lowest BCUT2D eigenvalue weighted by Gasteiger charge is -2.34. The Morgan fingerprint density at radius 3 is 2.50 bits per heavy atom. The van der Waals surface area contributed by atoms with Gasteiger partial charge in [0.05, 0.1) is 4.90 Å². The molecule has 6 heteroatoms. The Morgan fingerprint density at radius 2 is 1.89 bits per heavy atom. The van der Waals surface area contributed by atoms with Crippen LogP contribution in [0.3, 0.4) is 0 Å². The van der Waals surface area contributed by atoms with Crippen molar-refractivity contribution in [3.63, 3.8) is 0 Å². The van der Waals surface area contributed by atoms with Crippen molar-refractivity contribution in [2.45, 2.75) is 29.8 Å². The highest BCUT2D eigenvalue weighted by molar-refractivity contribution is 9.10. The molecule has 18 heavy (non-hydrogen) atoms. The minimum atomic E-state index is -3.36. The quantitative estimate of drug-likeness (QED) is 0.895. The zero-order valence-corrected chi connectivity index (χ0v) is 12.2. The molecule has 1 aromatic rings. The van der Waals surface area contributed by atoms with Gasteiger partial charge in [-0.05, 0) is 31.0 Å². The smallest absolute Gasteiger partial charge is 0.243 e. The summed E-state index contributed by atoms with van der Waals surface area (Å²) in [6.07, 6.45) is 1.93. The predicted molar refractivity (Wildman–Crippen MR) is 72.8 cm³/mol. The van der Waals surface area contributed by atoms with Gasteiger partial charge in [0, 0.05) is 29.6 Å². The van der Waals surface area contributed by atoms with Gasteiger partial charge in [-0.3, -0.25) is 0 Å². The molecule has 2 aliphatic heterocycles. The van der Waals surface area contributed by atoms with Crippen LogP contribution in [0.25, 0.3) is 0 Å². The van der Waals surface area contributed by atoms with Crippen LogP contribution >= 0.6 is 15.9 Å². The van der Waals surface area contributed by atoms with E-state index in [2.05, 4.69) is 21.2 Å². The summed E-state index contributed by atoms with van der Waals surface area (Å²) in [5, 5.41) is 3.30. The van der Waals surface area contributed by atoms with Crippen LogP contribution in [0.5, 0.6) is 0 Å². The molecular formula is C12H15BrN2O2S. The largest absolute Gasteiger partial charge is 0.314 e. The summed E-state index contributed by atoms with van der Waals surface area (Å²) >= 11 is 3.33. The van der Waals surface area contributed by atoms with Crippen molar-refractivity contribution in [3.05, 3.63) is 28.7 Å². The zero-order valence-electron chi connectivity index (χ0n) is 9.84. The van der Waals surface area contributed by atoms with E-state index in [1.165, 1.54) is 0 Å². The molecule has 0 aliphatic carbocycles. The molecule has 2 saturated heterocycles. The Morgan fingerprint density at radius 1 is 1.22 bits per heavy atom. The molecule has 4 nitrogen and oxygen atoms in total. The van der Waals surface area contributed by atoms with E-state index in [1.54, 1.807) is 22.5 Å². The fraction of sp³-hybridized carbons (Fsp3) is 0.500. The van der Waals surface area contributed by atoms with Crippen molar-refractivity contribution >= 4 is 26.0 Å². The van der Waals surface area contributed by atoms with Gasteiger partial charge in [-0.25, -0.2) is 8.42 Å². The second-order valence-corrected chi connectivity index (χ2v) is 7.59. The van der Waals surface area contributed by atoms with E-state index in [0.29, 0.717) is 4.90 Å². The van der Waals surface area contributed by atoms with E-state index < -0.39 is 10.0 Å². The van der Waals surface area contributed by atoms with Crippen molar-refractivity contribution in [3.8, 4) is 0 Å². The van der Waals surface area contributed by atoms with Crippen LogP contribution in [0.2, 0.25) is 0 Å². The Kier molecular flexibility index (Phi) is 3.21.